The van der Waals surface area contributed by atoms with E-state index in [1.807, 2.05) is 0 Å². The molecule has 0 saturated carbocycles. The van der Waals surface area contributed by atoms with Crippen molar-refractivity contribution in [3.8, 4) is 0 Å². The van der Waals surface area contributed by atoms with Crippen LogP contribution in [0.2, 0.25) is 0 Å². The second-order valence-electron chi connectivity index (χ2n) is 3.23. The maximum Gasteiger partial charge on any atom is 0.330 e. The summed E-state index contributed by atoms with van der Waals surface area (Å²) in [4.78, 5) is 26.2. The maximum absolute atomic E-state index is 11.4. The molecule has 1 atom stereocenters. The van der Waals surface area contributed by atoms with Crippen molar-refractivity contribution < 1.29 is 19.4 Å². The molecule has 1 aromatic heterocycles. The fourth-order valence-corrected chi connectivity index (χ4v) is 1.15. The van der Waals surface area contributed by atoms with E-state index in [4.69, 9.17) is 5.11 Å². The van der Waals surface area contributed by atoms with Gasteiger partial charge in [-0.15, -0.1) is 0 Å². The van der Waals surface area contributed by atoms with E-state index in [1.165, 1.54) is 24.4 Å². The molecule has 0 spiro atoms. The van der Waals surface area contributed by atoms with E-state index in [9.17, 15) is 9.59 Å². The number of esters is 1. The Balaban J connectivity index is 2.35. The molecule has 0 fully saturated rings. The van der Waals surface area contributed by atoms with Gasteiger partial charge in [0.2, 0.25) is 5.91 Å². The zero-order valence-electron chi connectivity index (χ0n) is 9.37. The summed E-state index contributed by atoms with van der Waals surface area (Å²) in [6.07, 6.45) is 2.98. The van der Waals surface area contributed by atoms with Gasteiger partial charge in [0.15, 0.2) is 6.04 Å². The minimum atomic E-state index is -1.02. The Kier molecular flexibility index (Phi) is 5.08. The fraction of sp³-hybridized carbons (Fsp3) is 0.556. The van der Waals surface area contributed by atoms with E-state index in [2.05, 4.69) is 20.1 Å². The van der Waals surface area contributed by atoms with Gasteiger partial charge in [-0.3, -0.25) is 9.48 Å². The molecule has 0 aliphatic rings. The van der Waals surface area contributed by atoms with Crippen molar-refractivity contribution in [2.75, 3.05) is 13.7 Å². The SMILES string of the molecule is COC(=O)C(CO)NC(=O)CCn1cncn1. The second-order valence-corrected chi connectivity index (χ2v) is 3.23. The molecule has 8 heteroatoms. The summed E-state index contributed by atoms with van der Waals surface area (Å²) in [6.45, 7) is -0.146. The molecule has 0 bridgehead atoms. The number of nitrogens with zero attached hydrogens (tertiary/aromatic N) is 3. The molecule has 0 aromatic carbocycles. The van der Waals surface area contributed by atoms with Crippen molar-refractivity contribution >= 4 is 11.9 Å². The average molecular weight is 242 g/mol. The minimum Gasteiger partial charge on any atom is -0.467 e. The summed E-state index contributed by atoms with van der Waals surface area (Å²) in [5, 5.41) is 15.1. The molecule has 1 rings (SSSR count). The van der Waals surface area contributed by atoms with E-state index in [-0.39, 0.29) is 12.3 Å². The van der Waals surface area contributed by atoms with Crippen molar-refractivity contribution in [3.05, 3.63) is 12.7 Å². The van der Waals surface area contributed by atoms with Gasteiger partial charge < -0.3 is 15.2 Å². The number of aliphatic hydroxyl groups excluding tert-OH is 1. The van der Waals surface area contributed by atoms with Crippen LogP contribution in [-0.4, -0.2) is 51.5 Å². The van der Waals surface area contributed by atoms with Gasteiger partial charge in [-0.1, -0.05) is 0 Å². The Morgan fingerprint density at radius 3 is 2.88 bits per heavy atom. The molecule has 0 aliphatic carbocycles. The van der Waals surface area contributed by atoms with Crippen LogP contribution in [0.4, 0.5) is 0 Å². The number of ether oxygens (including phenoxy) is 1. The highest BCUT2D eigenvalue weighted by Gasteiger charge is 2.19. The summed E-state index contributed by atoms with van der Waals surface area (Å²) in [6, 6.07) is -1.02. The lowest BCUT2D eigenvalue weighted by Crippen LogP contribution is -2.44. The maximum atomic E-state index is 11.4. The first-order valence-corrected chi connectivity index (χ1v) is 4.98. The van der Waals surface area contributed by atoms with Gasteiger partial charge in [0.25, 0.3) is 0 Å². The molecule has 2 N–H and O–H groups in total. The standard InChI is InChI=1S/C9H14N4O4/c1-17-9(16)7(4-14)12-8(15)2-3-13-6-10-5-11-13/h5-7,14H,2-4H2,1H3,(H,12,15). The Bertz CT molecular complexity index is 365. The molecule has 94 valence electrons. The third kappa shape index (κ3) is 4.19. The van der Waals surface area contributed by atoms with Crippen molar-refractivity contribution in [1.82, 2.24) is 20.1 Å². The third-order valence-corrected chi connectivity index (χ3v) is 2.04. The summed E-state index contributed by atoms with van der Waals surface area (Å²) in [5.41, 5.74) is 0. The third-order valence-electron chi connectivity index (χ3n) is 2.04. The number of aryl methyl sites for hydroxylation is 1. The van der Waals surface area contributed by atoms with Crippen LogP contribution in [0, 0.1) is 0 Å². The van der Waals surface area contributed by atoms with Crippen LogP contribution in [0.1, 0.15) is 6.42 Å². The van der Waals surface area contributed by atoms with Crippen molar-refractivity contribution in [2.45, 2.75) is 19.0 Å². The topological polar surface area (TPSA) is 106 Å². The highest BCUT2D eigenvalue weighted by molar-refractivity contribution is 5.84. The van der Waals surface area contributed by atoms with Crippen LogP contribution < -0.4 is 5.32 Å². The number of methoxy groups -OCH3 is 1. The lowest BCUT2D eigenvalue weighted by atomic mass is 10.3. The lowest BCUT2D eigenvalue weighted by molar-refractivity contribution is -0.146. The summed E-state index contributed by atoms with van der Waals surface area (Å²) >= 11 is 0. The van der Waals surface area contributed by atoms with Gasteiger partial charge in [-0.05, 0) is 0 Å². The van der Waals surface area contributed by atoms with Crippen LogP contribution in [0.5, 0.6) is 0 Å². The molecule has 0 aliphatic heterocycles. The van der Waals surface area contributed by atoms with Gasteiger partial charge >= 0.3 is 5.97 Å². The smallest absolute Gasteiger partial charge is 0.330 e. The molecular weight excluding hydrogens is 228 g/mol. The number of amides is 1. The van der Waals surface area contributed by atoms with Crippen LogP contribution in [-0.2, 0) is 20.9 Å². The van der Waals surface area contributed by atoms with Gasteiger partial charge in [0, 0.05) is 6.42 Å². The molecular formula is C9H14N4O4. The van der Waals surface area contributed by atoms with Gasteiger partial charge in [0.1, 0.15) is 12.7 Å². The Morgan fingerprint density at radius 2 is 2.35 bits per heavy atom. The zero-order valence-corrected chi connectivity index (χ0v) is 9.37. The van der Waals surface area contributed by atoms with E-state index < -0.39 is 18.6 Å². The monoisotopic (exact) mass is 242 g/mol. The Labute approximate surface area is 97.6 Å². The van der Waals surface area contributed by atoms with E-state index in [1.54, 1.807) is 0 Å². The number of aromatic nitrogens is 3. The first-order chi connectivity index (χ1) is 8.17. The molecule has 1 unspecified atom stereocenters. The molecule has 1 amide bonds. The highest BCUT2D eigenvalue weighted by Crippen LogP contribution is 1.91. The first-order valence-electron chi connectivity index (χ1n) is 4.98. The number of nitrogens with one attached hydrogen (secondary N) is 1. The number of aliphatic hydroxyl groups is 1. The van der Waals surface area contributed by atoms with Crippen LogP contribution >= 0.6 is 0 Å². The molecule has 0 saturated heterocycles. The van der Waals surface area contributed by atoms with Crippen LogP contribution in [0.15, 0.2) is 12.7 Å². The van der Waals surface area contributed by atoms with E-state index >= 15 is 0 Å². The molecule has 17 heavy (non-hydrogen) atoms. The summed E-state index contributed by atoms with van der Waals surface area (Å²) < 4.78 is 5.91. The predicted molar refractivity (Wildman–Crippen MR) is 55.7 cm³/mol. The number of hydrogen-bond acceptors (Lipinski definition) is 6. The average Bonchev–Trinajstić information content (AvgIpc) is 2.85. The van der Waals surface area contributed by atoms with Crippen LogP contribution in [0.25, 0.3) is 0 Å². The fourth-order valence-electron chi connectivity index (χ4n) is 1.15. The minimum absolute atomic E-state index is 0.136. The Morgan fingerprint density at radius 1 is 1.59 bits per heavy atom. The van der Waals surface area contributed by atoms with Crippen molar-refractivity contribution in [1.29, 1.82) is 0 Å². The lowest BCUT2D eigenvalue weighted by Gasteiger charge is -2.13. The van der Waals surface area contributed by atoms with Gasteiger partial charge in [0.05, 0.1) is 20.3 Å². The number of rotatable bonds is 6. The quantitative estimate of drug-likeness (QED) is 0.577. The summed E-state index contributed by atoms with van der Waals surface area (Å²) in [5.74, 6) is -1.05. The normalized spacial score (nSPS) is 11.9. The number of carbonyl (C=O) groups is 2. The Hall–Kier alpha value is -1.96. The summed E-state index contributed by atoms with van der Waals surface area (Å²) in [7, 11) is 1.19. The largest absolute Gasteiger partial charge is 0.467 e. The molecule has 1 aromatic rings. The van der Waals surface area contributed by atoms with E-state index in [0.717, 1.165) is 0 Å². The molecule has 0 radical (unpaired) electrons. The second kappa shape index (κ2) is 6.59. The molecule has 8 nitrogen and oxygen atoms in total. The van der Waals surface area contributed by atoms with Crippen molar-refractivity contribution in [2.24, 2.45) is 0 Å². The van der Waals surface area contributed by atoms with Gasteiger partial charge in [-0.2, -0.15) is 5.10 Å². The van der Waals surface area contributed by atoms with Gasteiger partial charge in [-0.25, -0.2) is 9.78 Å². The highest BCUT2D eigenvalue weighted by atomic mass is 16.5. The number of hydrogen-bond donors (Lipinski definition) is 2. The van der Waals surface area contributed by atoms with Crippen molar-refractivity contribution in [3.63, 3.8) is 0 Å². The van der Waals surface area contributed by atoms with E-state index in [0.29, 0.717) is 6.54 Å². The van der Waals surface area contributed by atoms with Crippen LogP contribution in [0.3, 0.4) is 0 Å². The predicted octanol–water partition coefficient (Wildman–Crippen LogP) is -1.68. The zero-order chi connectivity index (χ0) is 12.7. The number of carbonyl (C=O) groups excluding carboxylic acids is 2. The molecule has 1 heterocycles. The first kappa shape index (κ1) is 13.1.